The molecule has 0 radical (unpaired) electrons. The Morgan fingerprint density at radius 1 is 0.900 bits per heavy atom. The summed E-state index contributed by atoms with van der Waals surface area (Å²) in [5, 5.41) is 7.58. The maximum absolute atomic E-state index is 5.11. The van der Waals surface area contributed by atoms with Crippen LogP contribution in [0, 0.1) is 6.92 Å². The van der Waals surface area contributed by atoms with E-state index in [9.17, 15) is 0 Å². The van der Waals surface area contributed by atoms with Gasteiger partial charge in [0.2, 0.25) is 0 Å². The lowest BCUT2D eigenvalue weighted by Gasteiger charge is -2.43. The van der Waals surface area contributed by atoms with Crippen LogP contribution < -0.4 is 4.90 Å². The molecule has 0 saturated heterocycles. The van der Waals surface area contributed by atoms with Crippen LogP contribution in [0.3, 0.4) is 0 Å². The highest BCUT2D eigenvalue weighted by molar-refractivity contribution is 5.99. The number of anilines is 1. The molecule has 5 heteroatoms. The molecule has 3 heterocycles. The Kier molecular flexibility index (Phi) is 6.53. The number of hydrogen-bond donors (Lipinski definition) is 0. The zero-order valence-electron chi connectivity index (χ0n) is 24.1. The van der Waals surface area contributed by atoms with E-state index >= 15 is 0 Å². The van der Waals surface area contributed by atoms with Gasteiger partial charge in [-0.2, -0.15) is 5.10 Å². The van der Waals surface area contributed by atoms with Crippen LogP contribution in [0.1, 0.15) is 57.0 Å². The molecule has 3 aromatic heterocycles. The summed E-state index contributed by atoms with van der Waals surface area (Å²) in [6.07, 6.45) is 11.8. The van der Waals surface area contributed by atoms with Crippen LogP contribution in [-0.2, 0) is 11.0 Å². The number of rotatable bonds is 5. The average molecular weight is 528 g/mol. The number of aryl methyl sites for hydroxylation is 1. The van der Waals surface area contributed by atoms with Crippen LogP contribution in [0.4, 0.5) is 5.82 Å². The standard InChI is InChI=1S/C35H37N5/c1-25-16-17-26(24-37-25)40-31(23-32(38-40)34(2,3)4)29-18-19-30(28-14-8-7-13-27(28)29)35(20-10-6-11-21-35)39(5)33-15-9-12-22-36-33/h7-10,12-20,22-24H,6,11,21H2,1-5H3. The maximum atomic E-state index is 5.11. The van der Waals surface area contributed by atoms with Gasteiger partial charge in [-0.1, -0.05) is 75.4 Å². The van der Waals surface area contributed by atoms with E-state index < -0.39 is 0 Å². The number of nitrogens with zero attached hydrogens (tertiary/aromatic N) is 5. The van der Waals surface area contributed by atoms with Crippen molar-refractivity contribution < 1.29 is 0 Å². The molecule has 202 valence electrons. The van der Waals surface area contributed by atoms with Gasteiger partial charge in [-0.3, -0.25) is 4.98 Å². The lowest BCUT2D eigenvalue weighted by atomic mass is 9.77. The van der Waals surface area contributed by atoms with E-state index in [2.05, 4.69) is 115 Å². The van der Waals surface area contributed by atoms with Crippen molar-refractivity contribution in [1.29, 1.82) is 0 Å². The normalized spacial score (nSPS) is 17.3. The first-order valence-corrected chi connectivity index (χ1v) is 14.2. The van der Waals surface area contributed by atoms with Crippen molar-refractivity contribution in [3.63, 3.8) is 0 Å². The first kappa shape index (κ1) is 26.0. The second-order valence-electron chi connectivity index (χ2n) is 11.9. The third-order valence-corrected chi connectivity index (χ3v) is 8.20. The van der Waals surface area contributed by atoms with Gasteiger partial charge < -0.3 is 4.90 Å². The van der Waals surface area contributed by atoms with Crippen molar-refractivity contribution >= 4 is 16.6 Å². The Hall–Kier alpha value is -4.25. The van der Waals surface area contributed by atoms with E-state index in [1.54, 1.807) is 0 Å². The summed E-state index contributed by atoms with van der Waals surface area (Å²) in [6.45, 7) is 8.65. The van der Waals surface area contributed by atoms with Crippen LogP contribution in [0.2, 0.25) is 0 Å². The van der Waals surface area contributed by atoms with E-state index in [4.69, 9.17) is 10.1 Å². The average Bonchev–Trinajstić information content (AvgIpc) is 3.43. The van der Waals surface area contributed by atoms with Gasteiger partial charge >= 0.3 is 0 Å². The summed E-state index contributed by atoms with van der Waals surface area (Å²) in [5.74, 6) is 0.974. The third-order valence-electron chi connectivity index (χ3n) is 8.20. The minimum absolute atomic E-state index is 0.0871. The number of aromatic nitrogens is 4. The minimum Gasteiger partial charge on any atom is -0.346 e. The molecule has 5 nitrogen and oxygen atoms in total. The van der Waals surface area contributed by atoms with Gasteiger partial charge in [-0.25, -0.2) is 9.67 Å². The van der Waals surface area contributed by atoms with Gasteiger partial charge in [0.25, 0.3) is 0 Å². The van der Waals surface area contributed by atoms with Crippen molar-refractivity contribution in [3.05, 3.63) is 114 Å². The van der Waals surface area contributed by atoms with E-state index in [1.807, 2.05) is 31.5 Å². The molecule has 40 heavy (non-hydrogen) atoms. The van der Waals surface area contributed by atoms with Crippen LogP contribution in [-0.4, -0.2) is 26.8 Å². The largest absolute Gasteiger partial charge is 0.346 e. The zero-order chi connectivity index (χ0) is 27.9. The molecule has 0 fully saturated rings. The van der Waals surface area contributed by atoms with Crippen molar-refractivity contribution in [1.82, 2.24) is 19.7 Å². The van der Waals surface area contributed by atoms with Gasteiger partial charge in [-0.15, -0.1) is 0 Å². The number of fused-ring (bicyclic) bond motifs is 1. The van der Waals surface area contributed by atoms with E-state index in [0.29, 0.717) is 0 Å². The van der Waals surface area contributed by atoms with Crippen LogP contribution in [0.25, 0.3) is 27.7 Å². The minimum atomic E-state index is -0.289. The summed E-state index contributed by atoms with van der Waals surface area (Å²) in [5.41, 5.74) is 6.17. The van der Waals surface area contributed by atoms with Crippen molar-refractivity contribution in [3.8, 4) is 16.9 Å². The summed E-state index contributed by atoms with van der Waals surface area (Å²) < 4.78 is 2.06. The van der Waals surface area contributed by atoms with E-state index in [0.717, 1.165) is 47.8 Å². The predicted octanol–water partition coefficient (Wildman–Crippen LogP) is 8.16. The first-order valence-electron chi connectivity index (χ1n) is 14.2. The lowest BCUT2D eigenvalue weighted by Crippen LogP contribution is -2.44. The molecule has 1 aliphatic carbocycles. The lowest BCUT2D eigenvalue weighted by molar-refractivity contribution is 0.447. The molecule has 2 aromatic carbocycles. The molecular formula is C35H37N5. The van der Waals surface area contributed by atoms with E-state index in [1.165, 1.54) is 21.9 Å². The first-order chi connectivity index (χ1) is 19.3. The summed E-state index contributed by atoms with van der Waals surface area (Å²) >= 11 is 0. The Balaban J connectivity index is 1.58. The Morgan fingerprint density at radius 2 is 1.70 bits per heavy atom. The van der Waals surface area contributed by atoms with E-state index in [-0.39, 0.29) is 11.0 Å². The van der Waals surface area contributed by atoms with Crippen LogP contribution in [0.15, 0.2) is 97.3 Å². The molecule has 1 unspecified atom stereocenters. The van der Waals surface area contributed by atoms with Gasteiger partial charge in [0.05, 0.1) is 28.8 Å². The molecular weight excluding hydrogens is 490 g/mol. The third kappa shape index (κ3) is 4.49. The fourth-order valence-corrected chi connectivity index (χ4v) is 5.91. The summed E-state index contributed by atoms with van der Waals surface area (Å²) in [7, 11) is 2.18. The Morgan fingerprint density at radius 3 is 2.38 bits per heavy atom. The van der Waals surface area contributed by atoms with Gasteiger partial charge in [0.15, 0.2) is 0 Å². The molecule has 1 atom stereocenters. The number of likely N-dealkylation sites (N-methyl/N-ethyl adjacent to an activating group) is 1. The van der Waals surface area contributed by atoms with Crippen molar-refractivity contribution in [2.24, 2.45) is 0 Å². The number of benzene rings is 2. The molecule has 0 N–H and O–H groups in total. The van der Waals surface area contributed by atoms with Crippen molar-refractivity contribution in [2.45, 2.75) is 57.9 Å². The molecule has 1 aliphatic rings. The highest BCUT2D eigenvalue weighted by Gasteiger charge is 2.37. The molecule has 6 rings (SSSR count). The highest BCUT2D eigenvalue weighted by Crippen LogP contribution is 2.45. The maximum Gasteiger partial charge on any atom is 0.129 e. The Labute approximate surface area is 237 Å². The molecule has 0 bridgehead atoms. The topological polar surface area (TPSA) is 46.8 Å². The Bertz CT molecular complexity index is 1680. The number of allylic oxidation sites excluding steroid dienone is 1. The SMILES string of the molecule is Cc1ccc(-n2nc(C(C)(C)C)cc2-c2ccc(C3(N(C)c4ccccn4)C=CCCC3)c3ccccc23)cn1. The van der Waals surface area contributed by atoms with Gasteiger partial charge in [-0.05, 0) is 72.9 Å². The monoisotopic (exact) mass is 527 g/mol. The van der Waals surface area contributed by atoms with Gasteiger partial charge in [0.1, 0.15) is 5.82 Å². The molecule has 0 spiro atoms. The van der Waals surface area contributed by atoms with Gasteiger partial charge in [0, 0.05) is 29.9 Å². The summed E-state index contributed by atoms with van der Waals surface area (Å²) in [6, 6.07) is 26.0. The second-order valence-corrected chi connectivity index (χ2v) is 11.9. The smallest absolute Gasteiger partial charge is 0.129 e. The quantitative estimate of drug-likeness (QED) is 0.216. The molecule has 0 amide bonds. The van der Waals surface area contributed by atoms with Crippen LogP contribution >= 0.6 is 0 Å². The molecule has 5 aromatic rings. The fourth-order valence-electron chi connectivity index (χ4n) is 5.91. The second kappa shape index (κ2) is 10.1. The highest BCUT2D eigenvalue weighted by atomic mass is 15.3. The molecule has 0 saturated carbocycles. The number of pyridine rings is 2. The van der Waals surface area contributed by atoms with Crippen LogP contribution in [0.5, 0.6) is 0 Å². The zero-order valence-corrected chi connectivity index (χ0v) is 24.1. The number of hydrogen-bond acceptors (Lipinski definition) is 4. The molecule has 0 aliphatic heterocycles. The summed E-state index contributed by atoms with van der Waals surface area (Å²) in [4.78, 5) is 11.6. The fraction of sp³-hybridized carbons (Fsp3) is 0.286. The predicted molar refractivity (Wildman–Crippen MR) is 165 cm³/mol. The van der Waals surface area contributed by atoms with Crippen molar-refractivity contribution in [2.75, 3.05) is 11.9 Å².